The fraction of sp³-hybridized carbons (Fsp3) is 0.263. The van der Waals surface area contributed by atoms with Crippen molar-refractivity contribution in [1.82, 2.24) is 15.5 Å². The highest BCUT2D eigenvalue weighted by Crippen LogP contribution is 2.09. The number of amides is 1. The van der Waals surface area contributed by atoms with Gasteiger partial charge in [-0.1, -0.05) is 24.3 Å². The van der Waals surface area contributed by atoms with E-state index in [0.717, 1.165) is 11.1 Å². The Hall–Kier alpha value is -2.18. The Morgan fingerprint density at radius 1 is 0.966 bits per heavy atom. The fourth-order valence-electron chi connectivity index (χ4n) is 2.41. The van der Waals surface area contributed by atoms with Crippen molar-refractivity contribution in [3.63, 3.8) is 0 Å². The number of guanidine groups is 1. The van der Waals surface area contributed by atoms with Crippen LogP contribution in [0.5, 0.6) is 0 Å². The van der Waals surface area contributed by atoms with Crippen LogP contribution in [-0.4, -0.2) is 46.3 Å². The lowest BCUT2D eigenvalue weighted by molar-refractivity contribution is 0.0827. The van der Waals surface area contributed by atoms with Crippen LogP contribution in [-0.2, 0) is 23.1 Å². The highest BCUT2D eigenvalue weighted by atomic mass is 127. The summed E-state index contributed by atoms with van der Waals surface area (Å²) in [6.07, 6.45) is 0. The molecule has 0 saturated carbocycles. The number of sulfonamides is 1. The smallest absolute Gasteiger partial charge is 0.253 e. The van der Waals surface area contributed by atoms with Crippen LogP contribution in [0.25, 0.3) is 0 Å². The lowest BCUT2D eigenvalue weighted by atomic mass is 10.1. The first-order chi connectivity index (χ1) is 13.2. The standard InChI is InChI=1S/C19H25N5O3S.HI/c1-21-19(23-13-15-6-10-17(11-7-15)28(20,26)27)22-12-14-4-8-16(9-5-14)18(25)24(2)3;/h4-11H,12-13H2,1-3H3,(H2,20,26,27)(H2,21,22,23);1H. The Kier molecular flexibility index (Phi) is 9.53. The number of rotatable bonds is 6. The normalized spacial score (nSPS) is 11.4. The molecule has 2 aromatic rings. The highest BCUT2D eigenvalue weighted by Gasteiger charge is 2.08. The van der Waals surface area contributed by atoms with Crippen LogP contribution in [0.3, 0.4) is 0 Å². The number of hydrogen-bond donors (Lipinski definition) is 3. The van der Waals surface area contributed by atoms with Crippen molar-refractivity contribution in [2.24, 2.45) is 10.1 Å². The van der Waals surface area contributed by atoms with Gasteiger partial charge in [0.25, 0.3) is 5.91 Å². The van der Waals surface area contributed by atoms with Crippen molar-refractivity contribution >= 4 is 45.9 Å². The number of carbonyl (C=O) groups is 1. The van der Waals surface area contributed by atoms with E-state index in [1.54, 1.807) is 45.4 Å². The number of benzene rings is 2. The molecule has 0 aromatic heterocycles. The second-order valence-corrected chi connectivity index (χ2v) is 7.93. The zero-order chi connectivity index (χ0) is 20.7. The van der Waals surface area contributed by atoms with Gasteiger partial charge in [0.1, 0.15) is 0 Å². The third-order valence-corrected chi connectivity index (χ3v) is 4.93. The van der Waals surface area contributed by atoms with Crippen LogP contribution in [0.1, 0.15) is 21.5 Å². The summed E-state index contributed by atoms with van der Waals surface area (Å²) in [5.74, 6) is 0.564. The average molecular weight is 531 g/mol. The molecule has 2 aromatic carbocycles. The van der Waals surface area contributed by atoms with Gasteiger partial charge >= 0.3 is 0 Å². The maximum Gasteiger partial charge on any atom is 0.253 e. The zero-order valence-electron chi connectivity index (χ0n) is 16.5. The summed E-state index contributed by atoms with van der Waals surface area (Å²) in [5, 5.41) is 11.4. The van der Waals surface area contributed by atoms with E-state index in [0.29, 0.717) is 24.6 Å². The number of nitrogens with one attached hydrogen (secondary N) is 2. The van der Waals surface area contributed by atoms with E-state index in [1.165, 1.54) is 17.0 Å². The number of nitrogens with two attached hydrogens (primary N) is 1. The van der Waals surface area contributed by atoms with Crippen LogP contribution < -0.4 is 15.8 Å². The first-order valence-electron chi connectivity index (χ1n) is 8.57. The molecule has 158 valence electrons. The summed E-state index contributed by atoms with van der Waals surface area (Å²) in [7, 11) is 1.41. The molecular weight excluding hydrogens is 505 g/mol. The number of primary sulfonamides is 1. The lowest BCUT2D eigenvalue weighted by Crippen LogP contribution is -2.36. The summed E-state index contributed by atoms with van der Waals surface area (Å²) in [4.78, 5) is 17.7. The fourth-order valence-corrected chi connectivity index (χ4v) is 2.93. The molecule has 0 saturated heterocycles. The summed E-state index contributed by atoms with van der Waals surface area (Å²) in [5.41, 5.74) is 2.54. The van der Waals surface area contributed by atoms with Gasteiger partial charge in [0.2, 0.25) is 10.0 Å². The third kappa shape index (κ3) is 7.63. The van der Waals surface area contributed by atoms with Crippen molar-refractivity contribution in [3.8, 4) is 0 Å². The Balaban J connectivity index is 0.00000420. The van der Waals surface area contributed by atoms with Gasteiger partial charge in [-0.15, -0.1) is 24.0 Å². The molecule has 0 heterocycles. The maximum atomic E-state index is 11.9. The molecule has 0 atom stereocenters. The van der Waals surface area contributed by atoms with Crippen molar-refractivity contribution < 1.29 is 13.2 Å². The predicted octanol–water partition coefficient (Wildman–Crippen LogP) is 1.52. The zero-order valence-corrected chi connectivity index (χ0v) is 19.7. The van der Waals surface area contributed by atoms with Crippen LogP contribution in [0, 0.1) is 0 Å². The van der Waals surface area contributed by atoms with Crippen molar-refractivity contribution in [2.75, 3.05) is 21.1 Å². The molecule has 0 aliphatic heterocycles. The number of carbonyl (C=O) groups excluding carboxylic acids is 1. The minimum Gasteiger partial charge on any atom is -0.352 e. The number of nitrogens with zero attached hydrogens (tertiary/aromatic N) is 2. The monoisotopic (exact) mass is 531 g/mol. The molecule has 29 heavy (non-hydrogen) atoms. The minimum atomic E-state index is -3.69. The van der Waals surface area contributed by atoms with Gasteiger partial charge in [0.15, 0.2) is 5.96 Å². The largest absolute Gasteiger partial charge is 0.352 e. The van der Waals surface area contributed by atoms with Crippen molar-refractivity contribution in [2.45, 2.75) is 18.0 Å². The maximum absolute atomic E-state index is 11.9. The molecule has 0 bridgehead atoms. The predicted molar refractivity (Wildman–Crippen MR) is 125 cm³/mol. The van der Waals surface area contributed by atoms with E-state index in [4.69, 9.17) is 5.14 Å². The van der Waals surface area contributed by atoms with Crippen LogP contribution in [0.4, 0.5) is 0 Å². The summed E-state index contributed by atoms with van der Waals surface area (Å²) >= 11 is 0. The summed E-state index contributed by atoms with van der Waals surface area (Å²) in [6.45, 7) is 1.02. The lowest BCUT2D eigenvalue weighted by Gasteiger charge is -2.13. The van der Waals surface area contributed by atoms with Gasteiger partial charge in [0.05, 0.1) is 4.90 Å². The molecule has 4 N–H and O–H groups in total. The van der Waals surface area contributed by atoms with Gasteiger partial charge in [-0.25, -0.2) is 13.6 Å². The van der Waals surface area contributed by atoms with Gasteiger partial charge < -0.3 is 15.5 Å². The molecule has 10 heteroatoms. The molecule has 0 radical (unpaired) electrons. The van der Waals surface area contributed by atoms with Crippen molar-refractivity contribution in [3.05, 3.63) is 65.2 Å². The first kappa shape index (κ1) is 24.9. The van der Waals surface area contributed by atoms with Gasteiger partial charge in [0, 0.05) is 39.8 Å². The molecule has 0 aliphatic rings. The summed E-state index contributed by atoms with van der Waals surface area (Å²) in [6, 6.07) is 13.7. The highest BCUT2D eigenvalue weighted by molar-refractivity contribution is 14.0. The Morgan fingerprint density at radius 3 is 1.79 bits per heavy atom. The van der Waals surface area contributed by atoms with Crippen LogP contribution >= 0.6 is 24.0 Å². The van der Waals surface area contributed by atoms with Crippen LogP contribution in [0.2, 0.25) is 0 Å². The van der Waals surface area contributed by atoms with Gasteiger partial charge in [-0.3, -0.25) is 9.79 Å². The molecule has 2 rings (SSSR count). The molecule has 8 nitrogen and oxygen atoms in total. The van der Waals surface area contributed by atoms with E-state index in [-0.39, 0.29) is 34.8 Å². The third-order valence-electron chi connectivity index (χ3n) is 4.00. The first-order valence-corrected chi connectivity index (χ1v) is 10.1. The van der Waals surface area contributed by atoms with E-state index < -0.39 is 10.0 Å². The SMILES string of the molecule is CN=C(NCc1ccc(C(=O)N(C)C)cc1)NCc1ccc(S(N)(=O)=O)cc1.I. The average Bonchev–Trinajstić information content (AvgIpc) is 2.67. The Bertz CT molecular complexity index is 943. The molecule has 1 amide bonds. The second-order valence-electron chi connectivity index (χ2n) is 6.36. The van der Waals surface area contributed by atoms with Gasteiger partial charge in [-0.05, 0) is 35.4 Å². The quantitative estimate of drug-likeness (QED) is 0.297. The number of hydrogen-bond acceptors (Lipinski definition) is 4. The number of aliphatic imine (C=N–C) groups is 1. The molecular formula is C19H26IN5O3S. The van der Waals surface area contributed by atoms with E-state index in [2.05, 4.69) is 15.6 Å². The Morgan fingerprint density at radius 2 is 1.41 bits per heavy atom. The second kappa shape index (κ2) is 11.1. The molecule has 0 fully saturated rings. The van der Waals surface area contributed by atoms with E-state index in [9.17, 15) is 13.2 Å². The molecule has 0 spiro atoms. The Labute approximate surface area is 188 Å². The van der Waals surface area contributed by atoms with Crippen molar-refractivity contribution in [1.29, 1.82) is 0 Å². The van der Waals surface area contributed by atoms with E-state index >= 15 is 0 Å². The minimum absolute atomic E-state index is 0. The van der Waals surface area contributed by atoms with Gasteiger partial charge in [-0.2, -0.15) is 0 Å². The topological polar surface area (TPSA) is 117 Å². The van der Waals surface area contributed by atoms with Crippen LogP contribution in [0.15, 0.2) is 58.4 Å². The van der Waals surface area contributed by atoms with E-state index in [1.807, 2.05) is 12.1 Å². The molecule has 0 aliphatic carbocycles. The molecule has 0 unspecified atom stereocenters. The summed E-state index contributed by atoms with van der Waals surface area (Å²) < 4.78 is 22.6. The number of halogens is 1.